The Bertz CT molecular complexity index is 134. The van der Waals surface area contributed by atoms with Crippen LogP contribution < -0.4 is 0 Å². The normalized spacial score (nSPS) is 11.6. The second kappa shape index (κ2) is 5.15. The molecular formula is C7H16O3Ti. The predicted molar refractivity (Wildman–Crippen MR) is 37.6 cm³/mol. The van der Waals surface area contributed by atoms with E-state index in [4.69, 9.17) is 7.01 Å². The molecule has 4 heteroatoms. The zero-order valence-electron chi connectivity index (χ0n) is 7.39. The molecule has 0 aliphatic carbocycles. The third-order valence-corrected chi connectivity index (χ3v) is 2.63. The van der Waals surface area contributed by atoms with Gasteiger partial charge in [0.15, 0.2) is 0 Å². The van der Waals surface area contributed by atoms with Gasteiger partial charge in [-0.25, -0.2) is 0 Å². The third-order valence-electron chi connectivity index (χ3n) is 1.50. The Kier molecular flexibility index (Phi) is 5.35. The molecule has 0 aliphatic heterocycles. The molecule has 11 heavy (non-hydrogen) atoms. The summed E-state index contributed by atoms with van der Waals surface area (Å²) in [6, 6.07) is 0. The number of rotatable bonds is 5. The maximum absolute atomic E-state index is 10.4. The summed E-state index contributed by atoms with van der Waals surface area (Å²) >= 11 is -3.33. The van der Waals surface area contributed by atoms with Crippen LogP contribution in [0.3, 0.4) is 0 Å². The fourth-order valence-corrected chi connectivity index (χ4v) is 1.79. The Balaban J connectivity index is 3.70. The van der Waals surface area contributed by atoms with Gasteiger partial charge in [0, 0.05) is 0 Å². The van der Waals surface area contributed by atoms with Crippen molar-refractivity contribution < 1.29 is 28.9 Å². The first kappa shape index (κ1) is 11.4. The van der Waals surface area contributed by atoms with E-state index in [0.29, 0.717) is 0 Å². The number of hydrogen-bond donors (Lipinski definition) is 1. The van der Waals surface area contributed by atoms with E-state index in [9.17, 15) is 3.32 Å². The van der Waals surface area contributed by atoms with Gasteiger partial charge < -0.3 is 0 Å². The molecule has 0 spiro atoms. The summed E-state index contributed by atoms with van der Waals surface area (Å²) in [5, 5.41) is 0. The summed E-state index contributed by atoms with van der Waals surface area (Å²) in [5.41, 5.74) is -0.415. The van der Waals surface area contributed by atoms with Crippen LogP contribution in [0.5, 0.6) is 0 Å². The van der Waals surface area contributed by atoms with Gasteiger partial charge in [-0.1, -0.05) is 0 Å². The van der Waals surface area contributed by atoms with Gasteiger partial charge in [-0.15, -0.1) is 0 Å². The van der Waals surface area contributed by atoms with Crippen molar-refractivity contribution in [2.24, 2.45) is 0 Å². The Morgan fingerprint density at radius 2 is 2.09 bits per heavy atom. The van der Waals surface area contributed by atoms with E-state index < -0.39 is 24.2 Å². The van der Waals surface area contributed by atoms with Gasteiger partial charge in [-0.05, 0) is 0 Å². The van der Waals surface area contributed by atoms with Crippen molar-refractivity contribution >= 4 is 0 Å². The van der Waals surface area contributed by atoms with Crippen molar-refractivity contribution in [1.29, 1.82) is 0 Å². The number of hydrogen-bond acceptors (Lipinski definition) is 2. The van der Waals surface area contributed by atoms with Crippen molar-refractivity contribution in [2.45, 2.75) is 45.6 Å². The fraction of sp³-hybridized carbons (Fsp3) is 1.00. The van der Waals surface area contributed by atoms with Crippen LogP contribution in [0.25, 0.3) is 0 Å². The van der Waals surface area contributed by atoms with Crippen molar-refractivity contribution in [3.63, 3.8) is 0 Å². The van der Waals surface area contributed by atoms with Gasteiger partial charge in [0.05, 0.1) is 0 Å². The molecule has 0 bridgehead atoms. The summed E-state index contributed by atoms with van der Waals surface area (Å²) in [7, 11) is 0. The van der Waals surface area contributed by atoms with Gasteiger partial charge in [0.2, 0.25) is 0 Å². The van der Waals surface area contributed by atoms with E-state index >= 15 is 0 Å². The summed E-state index contributed by atoms with van der Waals surface area (Å²) in [6.45, 7) is 5.79. The fourth-order valence-electron chi connectivity index (χ4n) is 0.890. The summed E-state index contributed by atoms with van der Waals surface area (Å²) < 4.78 is 23.9. The van der Waals surface area contributed by atoms with Crippen LogP contribution in [0.4, 0.5) is 0 Å². The average molecular weight is 196 g/mol. The molecule has 66 valence electrons. The second-order valence-corrected chi connectivity index (χ2v) is 4.38. The molecular weight excluding hydrogens is 180 g/mol. The average Bonchev–Trinajstić information content (AvgIpc) is 1.81. The standard InChI is InChI=1S/C7H15O.H2O.O.Ti/c1-4-5-6-7(2,3)8;;;/h4-6H2,1-3H3;1H2;;/q-1;;;+2/p-1. The molecule has 0 saturated heterocycles. The van der Waals surface area contributed by atoms with E-state index in [1.165, 1.54) is 0 Å². The SMILES string of the molecule is CCCCC(C)(C)[O][Ti](=[O])[OH]. The zero-order valence-corrected chi connectivity index (χ0v) is 8.95. The summed E-state index contributed by atoms with van der Waals surface area (Å²) in [5.74, 6) is 0. The predicted octanol–water partition coefficient (Wildman–Crippen LogP) is 1.76. The molecule has 0 unspecified atom stereocenters. The van der Waals surface area contributed by atoms with E-state index in [1.807, 2.05) is 13.8 Å². The van der Waals surface area contributed by atoms with Gasteiger partial charge >= 0.3 is 74.6 Å². The molecule has 0 aromatic heterocycles. The number of unbranched alkanes of at least 4 members (excludes halogenated alkanes) is 1. The topological polar surface area (TPSA) is 46.5 Å². The molecule has 0 aromatic rings. The summed E-state index contributed by atoms with van der Waals surface area (Å²) in [4.78, 5) is 0. The third kappa shape index (κ3) is 6.82. The van der Waals surface area contributed by atoms with Gasteiger partial charge in [-0.2, -0.15) is 0 Å². The first-order valence-corrected chi connectivity index (χ1v) is 5.87. The van der Waals surface area contributed by atoms with Crippen molar-refractivity contribution in [2.75, 3.05) is 0 Å². The molecule has 3 nitrogen and oxygen atoms in total. The minimum atomic E-state index is -3.33. The first-order valence-electron chi connectivity index (χ1n) is 3.90. The molecule has 0 amide bonds. The molecule has 0 atom stereocenters. The molecule has 0 aliphatic rings. The molecule has 0 rings (SSSR count). The maximum atomic E-state index is 10.4. The van der Waals surface area contributed by atoms with Crippen LogP contribution in [0.15, 0.2) is 0 Å². The minimum absolute atomic E-state index is 0.415. The molecule has 0 aromatic carbocycles. The van der Waals surface area contributed by atoms with E-state index in [1.54, 1.807) is 0 Å². The molecule has 0 saturated carbocycles. The van der Waals surface area contributed by atoms with Crippen LogP contribution in [-0.4, -0.2) is 9.29 Å². The zero-order chi connectivity index (χ0) is 8.91. The summed E-state index contributed by atoms with van der Waals surface area (Å²) in [6.07, 6.45) is 2.98. The Morgan fingerprint density at radius 1 is 1.55 bits per heavy atom. The molecule has 0 fully saturated rings. The molecule has 0 heterocycles. The quantitative estimate of drug-likeness (QED) is 0.681. The van der Waals surface area contributed by atoms with Crippen LogP contribution in [0, 0.1) is 0 Å². The van der Waals surface area contributed by atoms with Crippen LogP contribution in [-0.2, 0) is 25.3 Å². The second-order valence-electron chi connectivity index (χ2n) is 3.23. The molecule has 0 radical (unpaired) electrons. The van der Waals surface area contributed by atoms with E-state index in [0.717, 1.165) is 19.3 Å². The van der Waals surface area contributed by atoms with Gasteiger partial charge in [0.25, 0.3) is 0 Å². The van der Waals surface area contributed by atoms with Gasteiger partial charge in [-0.3, -0.25) is 0 Å². The Morgan fingerprint density at radius 3 is 2.45 bits per heavy atom. The van der Waals surface area contributed by atoms with Crippen molar-refractivity contribution in [1.82, 2.24) is 0 Å². The van der Waals surface area contributed by atoms with Crippen LogP contribution in [0.1, 0.15) is 40.0 Å². The van der Waals surface area contributed by atoms with E-state index in [2.05, 4.69) is 6.92 Å². The van der Waals surface area contributed by atoms with Crippen molar-refractivity contribution in [3.05, 3.63) is 0 Å². The Hall–Kier alpha value is 0.434. The Labute approximate surface area is 74.9 Å². The van der Waals surface area contributed by atoms with Crippen LogP contribution >= 0.6 is 0 Å². The van der Waals surface area contributed by atoms with Crippen LogP contribution in [0.2, 0.25) is 0 Å². The van der Waals surface area contributed by atoms with E-state index in [-0.39, 0.29) is 0 Å². The first-order chi connectivity index (χ1) is 4.98. The molecule has 1 N–H and O–H groups in total. The van der Waals surface area contributed by atoms with Gasteiger partial charge in [0.1, 0.15) is 0 Å². The van der Waals surface area contributed by atoms with Crippen molar-refractivity contribution in [3.8, 4) is 0 Å². The monoisotopic (exact) mass is 196 g/mol.